The first-order valence-corrected chi connectivity index (χ1v) is 39.1. The van der Waals surface area contributed by atoms with Gasteiger partial charge in [0.25, 0.3) is 0 Å². The molecule has 0 saturated carbocycles. The van der Waals surface area contributed by atoms with E-state index in [-0.39, 0.29) is 32.2 Å². The van der Waals surface area contributed by atoms with Crippen molar-refractivity contribution >= 4 is 17.9 Å². The lowest BCUT2D eigenvalue weighted by atomic mass is 10.0. The van der Waals surface area contributed by atoms with Gasteiger partial charge in [0.1, 0.15) is 13.2 Å². The van der Waals surface area contributed by atoms with Gasteiger partial charge in [-0.3, -0.25) is 9.59 Å². The summed E-state index contributed by atoms with van der Waals surface area (Å²) in [6, 6.07) is 0. The third-order valence-corrected chi connectivity index (χ3v) is 17.9. The van der Waals surface area contributed by atoms with Crippen LogP contribution in [0.4, 0.5) is 0 Å². The normalized spacial score (nSPS) is 12.8. The minimum atomic E-state index is -1.62. The highest BCUT2D eigenvalue weighted by Crippen LogP contribution is 2.20. The van der Waals surface area contributed by atoms with Gasteiger partial charge in [0.15, 0.2) is 12.4 Å². The Morgan fingerprint density at radius 1 is 0.337 bits per heavy atom. The van der Waals surface area contributed by atoms with Crippen LogP contribution in [-0.4, -0.2) is 82.3 Å². The van der Waals surface area contributed by atoms with Gasteiger partial charge >= 0.3 is 11.9 Å². The summed E-state index contributed by atoms with van der Waals surface area (Å²) in [7, 11) is 5.95. The molecule has 0 aliphatic heterocycles. The molecule has 0 aliphatic rings. The van der Waals surface area contributed by atoms with E-state index < -0.39 is 24.3 Å². The minimum Gasteiger partial charge on any atom is -0.545 e. The third kappa shape index (κ3) is 72.8. The number of carbonyl (C=O) groups excluding carboxylic acids is 3. The molecule has 9 heteroatoms. The molecule has 0 rings (SSSR count). The summed E-state index contributed by atoms with van der Waals surface area (Å²) in [6.45, 7) is 4.82. The zero-order valence-corrected chi connectivity index (χ0v) is 60.1. The largest absolute Gasteiger partial charge is 0.545 e. The molecule has 0 saturated heterocycles. The molecule has 0 aromatic rings. The molecular formula is C80H151NO8. The van der Waals surface area contributed by atoms with Gasteiger partial charge in [0.2, 0.25) is 0 Å². The van der Waals surface area contributed by atoms with Crippen molar-refractivity contribution in [3.05, 3.63) is 36.5 Å². The number of carboxylic acid groups (broad SMARTS) is 1. The van der Waals surface area contributed by atoms with Crippen LogP contribution in [0.5, 0.6) is 0 Å². The van der Waals surface area contributed by atoms with Crippen LogP contribution in [0.1, 0.15) is 399 Å². The molecule has 0 fully saturated rings. The van der Waals surface area contributed by atoms with Crippen molar-refractivity contribution in [2.45, 2.75) is 411 Å². The number of carbonyl (C=O) groups is 3. The van der Waals surface area contributed by atoms with Gasteiger partial charge in [-0.05, 0) is 51.4 Å². The van der Waals surface area contributed by atoms with Crippen LogP contribution in [0.3, 0.4) is 0 Å². The number of unbranched alkanes of at least 4 members (excludes halogenated alkanes) is 53. The number of nitrogens with zero attached hydrogens (tertiary/aromatic N) is 1. The van der Waals surface area contributed by atoms with Gasteiger partial charge in [-0.15, -0.1) is 0 Å². The van der Waals surface area contributed by atoms with Crippen LogP contribution >= 0.6 is 0 Å². The highest BCUT2D eigenvalue weighted by atomic mass is 16.7. The minimum absolute atomic E-state index is 0.151. The Kier molecular flexibility index (Phi) is 69.4. The lowest BCUT2D eigenvalue weighted by molar-refractivity contribution is -0.870. The fourth-order valence-electron chi connectivity index (χ4n) is 11.9. The monoisotopic (exact) mass is 1250 g/mol. The van der Waals surface area contributed by atoms with E-state index in [4.69, 9.17) is 18.9 Å². The zero-order valence-electron chi connectivity index (χ0n) is 60.1. The van der Waals surface area contributed by atoms with Crippen LogP contribution < -0.4 is 5.11 Å². The van der Waals surface area contributed by atoms with Crippen molar-refractivity contribution < 1.29 is 42.9 Å². The fraction of sp³-hybridized carbons (Fsp3) is 0.887. The first-order chi connectivity index (χ1) is 43.6. The number of likely N-dealkylation sites (N-methyl/N-ethyl adjacent to an activating group) is 1. The second-order valence-electron chi connectivity index (χ2n) is 28.0. The molecule has 0 N–H and O–H groups in total. The maximum atomic E-state index is 13.0. The topological polar surface area (TPSA) is 111 Å². The van der Waals surface area contributed by atoms with E-state index in [1.54, 1.807) is 0 Å². The van der Waals surface area contributed by atoms with E-state index in [0.29, 0.717) is 17.4 Å². The summed E-state index contributed by atoms with van der Waals surface area (Å²) < 4.78 is 22.9. The highest BCUT2D eigenvalue weighted by Gasteiger charge is 2.22. The molecule has 0 amide bonds. The van der Waals surface area contributed by atoms with E-state index in [2.05, 4.69) is 50.3 Å². The van der Waals surface area contributed by atoms with Gasteiger partial charge in [-0.25, -0.2) is 0 Å². The second-order valence-corrected chi connectivity index (χ2v) is 28.0. The van der Waals surface area contributed by atoms with Crippen LogP contribution in [0.15, 0.2) is 36.5 Å². The lowest BCUT2D eigenvalue weighted by Gasteiger charge is -2.26. The first kappa shape index (κ1) is 86.5. The lowest BCUT2D eigenvalue weighted by Crippen LogP contribution is -2.44. The number of quaternary nitrogens is 1. The standard InChI is InChI=1S/C80H151NO8/c1-6-8-10-12-14-16-18-20-22-24-26-28-30-32-34-35-36-37-38-39-40-41-42-43-45-47-49-51-53-55-57-59-61-63-65-67-69-71-78(83)89-76(75-88-80(79(84)85)86-73-72-81(3,4)5)74-87-77(82)70-68-66-64-62-60-58-56-54-52-50-48-46-44-33-31-29-27-25-23-21-19-17-15-13-11-9-7-2/h18,20,24,26,30,32,76,80H,6-17,19,21-23,25,27-29,31,33-75H2,1-5H3/b20-18-,26-24-,32-30-. The molecule has 0 spiro atoms. The molecule has 0 bridgehead atoms. The number of hydrogen-bond donors (Lipinski definition) is 0. The van der Waals surface area contributed by atoms with Gasteiger partial charge in [-0.1, -0.05) is 371 Å². The summed E-state index contributed by atoms with van der Waals surface area (Å²) in [5.74, 6) is -2.25. The first-order valence-electron chi connectivity index (χ1n) is 39.1. The number of hydrogen-bond acceptors (Lipinski definition) is 8. The Morgan fingerprint density at radius 3 is 0.899 bits per heavy atom. The molecule has 0 aromatic heterocycles. The smallest absolute Gasteiger partial charge is 0.306 e. The van der Waals surface area contributed by atoms with E-state index >= 15 is 0 Å². The van der Waals surface area contributed by atoms with Crippen molar-refractivity contribution in [3.63, 3.8) is 0 Å². The number of rotatable bonds is 74. The van der Waals surface area contributed by atoms with Crippen LogP contribution in [-0.2, 0) is 33.3 Å². The molecule has 0 radical (unpaired) electrons. The summed E-state index contributed by atoms with van der Waals surface area (Å²) in [5, 5.41) is 11.8. The summed E-state index contributed by atoms with van der Waals surface area (Å²) in [6.07, 6.45) is 88.4. The molecule has 89 heavy (non-hydrogen) atoms. The summed E-state index contributed by atoms with van der Waals surface area (Å²) in [4.78, 5) is 37.6. The SMILES string of the molecule is CCCCCCC/C=C\C/C=C\C/C=C\CCCCCCCCCCCCCCCCCCCCCCCCC(=O)OC(COC(=O)CCCCCCCCCCCCCCCCCCCCCCCCCCCCC)COC(OCC[N+](C)(C)C)C(=O)[O-]. The van der Waals surface area contributed by atoms with Gasteiger partial charge in [0.05, 0.1) is 40.3 Å². The van der Waals surface area contributed by atoms with E-state index in [1.165, 1.54) is 321 Å². The van der Waals surface area contributed by atoms with Crippen LogP contribution in [0.2, 0.25) is 0 Å². The fourth-order valence-corrected chi connectivity index (χ4v) is 11.9. The summed E-state index contributed by atoms with van der Waals surface area (Å²) in [5.41, 5.74) is 0. The Morgan fingerprint density at radius 2 is 0.607 bits per heavy atom. The van der Waals surface area contributed by atoms with E-state index in [0.717, 1.165) is 51.4 Å². The second kappa shape index (κ2) is 71.4. The molecule has 0 heterocycles. The van der Waals surface area contributed by atoms with E-state index in [9.17, 15) is 19.5 Å². The van der Waals surface area contributed by atoms with Gasteiger partial charge in [0, 0.05) is 12.8 Å². The summed E-state index contributed by atoms with van der Waals surface area (Å²) >= 11 is 0. The molecule has 524 valence electrons. The van der Waals surface area contributed by atoms with Crippen molar-refractivity contribution in [1.82, 2.24) is 0 Å². The van der Waals surface area contributed by atoms with Crippen molar-refractivity contribution in [1.29, 1.82) is 0 Å². The number of esters is 2. The average molecular weight is 1260 g/mol. The molecular weight excluding hydrogens is 1100 g/mol. The van der Waals surface area contributed by atoms with Crippen LogP contribution in [0.25, 0.3) is 0 Å². The third-order valence-electron chi connectivity index (χ3n) is 17.9. The molecule has 2 atom stereocenters. The molecule has 2 unspecified atom stereocenters. The molecule has 0 aliphatic carbocycles. The Bertz CT molecular complexity index is 1550. The van der Waals surface area contributed by atoms with E-state index in [1.807, 2.05) is 21.1 Å². The van der Waals surface area contributed by atoms with Gasteiger partial charge < -0.3 is 33.3 Å². The zero-order chi connectivity index (χ0) is 64.7. The Hall–Kier alpha value is -2.49. The predicted molar refractivity (Wildman–Crippen MR) is 380 cm³/mol. The van der Waals surface area contributed by atoms with Gasteiger partial charge in [-0.2, -0.15) is 0 Å². The molecule has 9 nitrogen and oxygen atoms in total. The average Bonchev–Trinajstić information content (AvgIpc) is 3.70. The van der Waals surface area contributed by atoms with Crippen molar-refractivity contribution in [3.8, 4) is 0 Å². The number of carboxylic acids is 1. The van der Waals surface area contributed by atoms with Crippen molar-refractivity contribution in [2.24, 2.45) is 0 Å². The Labute approximate surface area is 553 Å². The quantitative estimate of drug-likeness (QED) is 0.0195. The Balaban J connectivity index is 3.98. The molecule has 0 aromatic carbocycles. The number of ether oxygens (including phenoxy) is 4. The maximum Gasteiger partial charge on any atom is 0.306 e. The number of aliphatic carboxylic acids is 1. The van der Waals surface area contributed by atoms with Crippen molar-refractivity contribution in [2.75, 3.05) is 47.5 Å². The maximum absolute atomic E-state index is 13.0. The highest BCUT2D eigenvalue weighted by molar-refractivity contribution is 5.70. The number of allylic oxidation sites excluding steroid dienone is 6. The van der Waals surface area contributed by atoms with Crippen LogP contribution in [0, 0.1) is 0 Å². The predicted octanol–water partition coefficient (Wildman–Crippen LogP) is 23.4.